The molecule has 0 aliphatic rings. The lowest BCUT2D eigenvalue weighted by atomic mass is 9.83. The van der Waals surface area contributed by atoms with Crippen LogP contribution in [-0.2, 0) is 4.84 Å². The SMILES string of the molecule is C/C=C(\C=C(/ON)C(C)(C)C)C(C)(C)C. The Kier molecular flexibility index (Phi) is 4.60. The summed E-state index contributed by atoms with van der Waals surface area (Å²) in [6, 6.07) is 0. The lowest BCUT2D eigenvalue weighted by Crippen LogP contribution is -2.17. The van der Waals surface area contributed by atoms with Crippen LogP contribution in [0.4, 0.5) is 0 Å². The van der Waals surface area contributed by atoms with E-state index in [1.807, 2.05) is 13.0 Å². The molecule has 88 valence electrons. The Bertz CT molecular complexity index is 261. The molecular formula is C13H25NO. The highest BCUT2D eigenvalue weighted by molar-refractivity contribution is 5.27. The Morgan fingerprint density at radius 1 is 1.00 bits per heavy atom. The molecule has 0 aromatic heterocycles. The summed E-state index contributed by atoms with van der Waals surface area (Å²) in [6.07, 6.45) is 4.14. The van der Waals surface area contributed by atoms with Gasteiger partial charge in [-0.05, 0) is 24.0 Å². The lowest BCUT2D eigenvalue weighted by Gasteiger charge is -2.25. The quantitative estimate of drug-likeness (QED) is 0.428. The van der Waals surface area contributed by atoms with E-state index < -0.39 is 0 Å². The van der Waals surface area contributed by atoms with E-state index in [0.29, 0.717) is 0 Å². The molecule has 0 atom stereocenters. The molecule has 0 spiro atoms. The van der Waals surface area contributed by atoms with Gasteiger partial charge >= 0.3 is 0 Å². The predicted molar refractivity (Wildman–Crippen MR) is 66.0 cm³/mol. The first-order valence-corrected chi connectivity index (χ1v) is 5.38. The number of hydrogen-bond acceptors (Lipinski definition) is 2. The maximum atomic E-state index is 5.31. The number of rotatable bonds is 2. The van der Waals surface area contributed by atoms with Gasteiger partial charge in [-0.2, -0.15) is 5.90 Å². The zero-order valence-corrected chi connectivity index (χ0v) is 11.1. The number of hydrogen-bond donors (Lipinski definition) is 1. The molecule has 0 heterocycles. The fourth-order valence-electron chi connectivity index (χ4n) is 1.30. The summed E-state index contributed by atoms with van der Waals surface area (Å²) in [5.74, 6) is 6.12. The van der Waals surface area contributed by atoms with Crippen molar-refractivity contribution < 1.29 is 4.84 Å². The Hall–Kier alpha value is -0.760. The monoisotopic (exact) mass is 211 g/mol. The molecule has 0 rings (SSSR count). The van der Waals surface area contributed by atoms with E-state index in [2.05, 4.69) is 47.6 Å². The van der Waals surface area contributed by atoms with Crippen LogP contribution < -0.4 is 5.90 Å². The Morgan fingerprint density at radius 3 is 1.67 bits per heavy atom. The van der Waals surface area contributed by atoms with Gasteiger partial charge in [-0.15, -0.1) is 0 Å². The van der Waals surface area contributed by atoms with Crippen molar-refractivity contribution >= 4 is 0 Å². The molecule has 2 nitrogen and oxygen atoms in total. The van der Waals surface area contributed by atoms with Gasteiger partial charge in [0.25, 0.3) is 0 Å². The van der Waals surface area contributed by atoms with Crippen LogP contribution in [0.15, 0.2) is 23.5 Å². The van der Waals surface area contributed by atoms with Gasteiger partial charge in [0.05, 0.1) is 0 Å². The van der Waals surface area contributed by atoms with Crippen LogP contribution in [-0.4, -0.2) is 0 Å². The summed E-state index contributed by atoms with van der Waals surface area (Å²) >= 11 is 0. The molecule has 0 aromatic carbocycles. The zero-order valence-electron chi connectivity index (χ0n) is 11.1. The minimum absolute atomic E-state index is 0.0612. The van der Waals surface area contributed by atoms with Crippen LogP contribution in [0.1, 0.15) is 48.5 Å². The van der Waals surface area contributed by atoms with Gasteiger partial charge in [0.2, 0.25) is 0 Å². The van der Waals surface area contributed by atoms with E-state index in [0.717, 1.165) is 5.76 Å². The van der Waals surface area contributed by atoms with Gasteiger partial charge in [-0.25, -0.2) is 0 Å². The first kappa shape index (κ1) is 14.2. The second-order valence-electron chi connectivity index (χ2n) is 5.87. The van der Waals surface area contributed by atoms with E-state index in [1.165, 1.54) is 5.57 Å². The van der Waals surface area contributed by atoms with Crippen LogP contribution in [0.25, 0.3) is 0 Å². The van der Waals surface area contributed by atoms with Gasteiger partial charge < -0.3 is 4.84 Å². The molecule has 15 heavy (non-hydrogen) atoms. The van der Waals surface area contributed by atoms with E-state index in [1.54, 1.807) is 0 Å². The van der Waals surface area contributed by atoms with Gasteiger partial charge in [0.15, 0.2) is 0 Å². The molecule has 0 aromatic rings. The summed E-state index contributed by atoms with van der Waals surface area (Å²) in [5, 5.41) is 0. The summed E-state index contributed by atoms with van der Waals surface area (Å²) in [4.78, 5) is 4.96. The molecule has 0 aliphatic carbocycles. The van der Waals surface area contributed by atoms with Crippen LogP contribution in [0, 0.1) is 10.8 Å². The predicted octanol–water partition coefficient (Wildman–Crippen LogP) is 3.80. The first-order chi connectivity index (χ1) is 6.62. The van der Waals surface area contributed by atoms with Crippen molar-refractivity contribution in [2.45, 2.75) is 48.5 Å². The third-order valence-electron chi connectivity index (χ3n) is 2.33. The molecule has 0 saturated carbocycles. The zero-order chi connectivity index (χ0) is 12.3. The molecule has 0 amide bonds. The summed E-state index contributed by atoms with van der Waals surface area (Å²) < 4.78 is 0. The summed E-state index contributed by atoms with van der Waals surface area (Å²) in [5.41, 5.74) is 1.29. The molecule has 0 aliphatic heterocycles. The number of allylic oxidation sites excluding steroid dienone is 4. The molecule has 0 bridgehead atoms. The minimum Gasteiger partial charge on any atom is -0.415 e. The van der Waals surface area contributed by atoms with Crippen LogP contribution in [0.2, 0.25) is 0 Å². The third kappa shape index (κ3) is 4.52. The highest BCUT2D eigenvalue weighted by Gasteiger charge is 2.22. The summed E-state index contributed by atoms with van der Waals surface area (Å²) in [7, 11) is 0. The van der Waals surface area contributed by atoms with Gasteiger partial charge in [0.1, 0.15) is 5.76 Å². The molecule has 0 radical (unpaired) electrons. The largest absolute Gasteiger partial charge is 0.415 e. The fraction of sp³-hybridized carbons (Fsp3) is 0.692. The van der Waals surface area contributed by atoms with Gasteiger partial charge in [-0.1, -0.05) is 47.6 Å². The topological polar surface area (TPSA) is 35.2 Å². The average Bonchev–Trinajstić information content (AvgIpc) is 2.01. The maximum absolute atomic E-state index is 5.31. The van der Waals surface area contributed by atoms with Crippen molar-refractivity contribution in [3.8, 4) is 0 Å². The van der Waals surface area contributed by atoms with Crippen molar-refractivity contribution in [2.24, 2.45) is 16.7 Å². The van der Waals surface area contributed by atoms with E-state index in [-0.39, 0.29) is 10.8 Å². The number of nitrogens with two attached hydrogens (primary N) is 1. The van der Waals surface area contributed by atoms with E-state index >= 15 is 0 Å². The van der Waals surface area contributed by atoms with Crippen LogP contribution in [0.5, 0.6) is 0 Å². The molecule has 0 unspecified atom stereocenters. The molecule has 2 heteroatoms. The minimum atomic E-state index is -0.0612. The lowest BCUT2D eigenvalue weighted by molar-refractivity contribution is 0.154. The van der Waals surface area contributed by atoms with E-state index in [9.17, 15) is 0 Å². The first-order valence-electron chi connectivity index (χ1n) is 5.38. The van der Waals surface area contributed by atoms with Gasteiger partial charge in [0, 0.05) is 5.41 Å². The molecular weight excluding hydrogens is 186 g/mol. The van der Waals surface area contributed by atoms with Crippen molar-refractivity contribution in [3.05, 3.63) is 23.5 Å². The van der Waals surface area contributed by atoms with Crippen molar-refractivity contribution in [2.75, 3.05) is 0 Å². The molecule has 0 saturated heterocycles. The Morgan fingerprint density at radius 2 is 1.47 bits per heavy atom. The van der Waals surface area contributed by atoms with Crippen molar-refractivity contribution in [1.82, 2.24) is 0 Å². The summed E-state index contributed by atoms with van der Waals surface area (Å²) in [6.45, 7) is 14.8. The Balaban J connectivity index is 5.17. The second-order valence-corrected chi connectivity index (χ2v) is 5.87. The third-order valence-corrected chi connectivity index (χ3v) is 2.33. The van der Waals surface area contributed by atoms with Crippen LogP contribution in [0.3, 0.4) is 0 Å². The maximum Gasteiger partial charge on any atom is 0.129 e. The normalized spacial score (nSPS) is 15.5. The van der Waals surface area contributed by atoms with Crippen LogP contribution >= 0.6 is 0 Å². The highest BCUT2D eigenvalue weighted by Crippen LogP contribution is 2.32. The molecule has 2 N–H and O–H groups in total. The fourth-order valence-corrected chi connectivity index (χ4v) is 1.30. The smallest absolute Gasteiger partial charge is 0.129 e. The van der Waals surface area contributed by atoms with Crippen molar-refractivity contribution in [3.63, 3.8) is 0 Å². The van der Waals surface area contributed by atoms with E-state index in [4.69, 9.17) is 10.7 Å². The standard InChI is InChI=1S/C13H25NO/c1-8-10(12(2,3)4)9-11(15-14)13(5,6)7/h8-9H,14H2,1-7H3/b10-8+,11-9-. The van der Waals surface area contributed by atoms with Crippen molar-refractivity contribution in [1.29, 1.82) is 0 Å². The molecule has 0 fully saturated rings. The Labute approximate surface area is 94.1 Å². The highest BCUT2D eigenvalue weighted by atomic mass is 16.6. The van der Waals surface area contributed by atoms with Gasteiger partial charge in [-0.3, -0.25) is 0 Å². The average molecular weight is 211 g/mol. The second kappa shape index (κ2) is 4.84.